The largest absolute Gasteiger partial charge is 0.372 e. The summed E-state index contributed by atoms with van der Waals surface area (Å²) in [5.41, 5.74) is 8.60. The fourth-order valence-corrected chi connectivity index (χ4v) is 2.21. The number of benzene rings is 1. The summed E-state index contributed by atoms with van der Waals surface area (Å²) in [6.07, 6.45) is 0.894. The average Bonchev–Trinajstić information content (AvgIpc) is 2.83. The minimum atomic E-state index is -0.0280. The predicted octanol–water partition coefficient (Wildman–Crippen LogP) is 1.82. The second-order valence-corrected chi connectivity index (χ2v) is 5.86. The Bertz CT molecular complexity index is 469. The second kappa shape index (κ2) is 5.72. The van der Waals surface area contributed by atoms with Gasteiger partial charge >= 0.3 is 0 Å². The van der Waals surface area contributed by atoms with Crippen molar-refractivity contribution in [2.24, 2.45) is 11.1 Å². The van der Waals surface area contributed by atoms with E-state index in [1.54, 1.807) is 0 Å². The number of hydrogen-bond donors (Lipinski definition) is 2. The van der Waals surface area contributed by atoms with Gasteiger partial charge in [-0.2, -0.15) is 0 Å². The van der Waals surface area contributed by atoms with Crippen LogP contribution in [-0.4, -0.2) is 19.0 Å². The van der Waals surface area contributed by atoms with Gasteiger partial charge in [0, 0.05) is 12.1 Å². The van der Waals surface area contributed by atoms with E-state index in [1.807, 2.05) is 18.2 Å². The molecule has 104 valence electrons. The molecule has 0 saturated carbocycles. The molecule has 0 spiro atoms. The summed E-state index contributed by atoms with van der Waals surface area (Å²) in [4.78, 5) is 12.1. The van der Waals surface area contributed by atoms with Crippen LogP contribution in [0, 0.1) is 5.41 Å². The van der Waals surface area contributed by atoms with Crippen molar-refractivity contribution in [2.45, 2.75) is 33.5 Å². The Morgan fingerprint density at radius 2 is 2.11 bits per heavy atom. The number of nitrogens with one attached hydrogen (secondary N) is 1. The Labute approximate surface area is 114 Å². The van der Waals surface area contributed by atoms with Crippen molar-refractivity contribution in [2.75, 3.05) is 13.1 Å². The Balaban J connectivity index is 1.97. The fraction of sp³-hybridized carbons (Fsp3) is 0.533. The van der Waals surface area contributed by atoms with E-state index in [4.69, 9.17) is 10.5 Å². The first-order valence-corrected chi connectivity index (χ1v) is 6.70. The SMILES string of the molecule is CC(C)(CCN)CNC(=O)c1ccc2c(c1)COC2. The van der Waals surface area contributed by atoms with Gasteiger partial charge in [0.1, 0.15) is 0 Å². The molecular formula is C15H22N2O2. The molecule has 1 aliphatic rings. The highest BCUT2D eigenvalue weighted by Gasteiger charge is 2.19. The van der Waals surface area contributed by atoms with Gasteiger partial charge in [0.2, 0.25) is 0 Å². The van der Waals surface area contributed by atoms with Gasteiger partial charge in [-0.3, -0.25) is 4.79 Å². The van der Waals surface area contributed by atoms with Crippen LogP contribution in [0.3, 0.4) is 0 Å². The zero-order valence-electron chi connectivity index (χ0n) is 11.7. The number of ether oxygens (including phenoxy) is 1. The van der Waals surface area contributed by atoms with Crippen LogP contribution in [0.1, 0.15) is 41.8 Å². The summed E-state index contributed by atoms with van der Waals surface area (Å²) in [6.45, 7) is 6.75. The fourth-order valence-electron chi connectivity index (χ4n) is 2.21. The molecule has 3 N–H and O–H groups in total. The summed E-state index contributed by atoms with van der Waals surface area (Å²) in [6, 6.07) is 5.76. The molecule has 0 bridgehead atoms. The van der Waals surface area contributed by atoms with Crippen molar-refractivity contribution in [1.29, 1.82) is 0 Å². The smallest absolute Gasteiger partial charge is 0.251 e. The van der Waals surface area contributed by atoms with Crippen molar-refractivity contribution < 1.29 is 9.53 Å². The van der Waals surface area contributed by atoms with Gasteiger partial charge in [-0.1, -0.05) is 19.9 Å². The molecule has 0 saturated heterocycles. The highest BCUT2D eigenvalue weighted by atomic mass is 16.5. The molecule has 0 unspecified atom stereocenters. The number of carbonyl (C=O) groups is 1. The van der Waals surface area contributed by atoms with Crippen molar-refractivity contribution in [1.82, 2.24) is 5.32 Å². The summed E-state index contributed by atoms with van der Waals surface area (Å²) in [5, 5.41) is 2.98. The molecule has 0 aliphatic carbocycles. The molecule has 1 heterocycles. The third-order valence-electron chi connectivity index (χ3n) is 3.53. The lowest BCUT2D eigenvalue weighted by molar-refractivity contribution is 0.0935. The summed E-state index contributed by atoms with van der Waals surface area (Å²) >= 11 is 0. The Kier molecular flexibility index (Phi) is 4.22. The Hall–Kier alpha value is -1.39. The maximum absolute atomic E-state index is 12.1. The lowest BCUT2D eigenvalue weighted by Crippen LogP contribution is -2.35. The molecule has 2 rings (SSSR count). The first-order chi connectivity index (χ1) is 9.02. The first kappa shape index (κ1) is 14.0. The third kappa shape index (κ3) is 3.55. The molecule has 1 aliphatic heterocycles. The molecule has 1 aromatic rings. The van der Waals surface area contributed by atoms with Gasteiger partial charge in [-0.05, 0) is 41.6 Å². The maximum Gasteiger partial charge on any atom is 0.251 e. The number of amides is 1. The predicted molar refractivity (Wildman–Crippen MR) is 74.7 cm³/mol. The van der Waals surface area contributed by atoms with E-state index in [1.165, 1.54) is 5.56 Å². The standard InChI is InChI=1S/C15H22N2O2/c1-15(2,5-6-16)10-17-14(18)11-3-4-12-8-19-9-13(12)7-11/h3-4,7H,5-6,8-10,16H2,1-2H3,(H,17,18). The average molecular weight is 262 g/mol. The minimum Gasteiger partial charge on any atom is -0.372 e. The van der Waals surface area contributed by atoms with Gasteiger partial charge in [0.15, 0.2) is 0 Å². The van der Waals surface area contributed by atoms with E-state index in [0.29, 0.717) is 31.9 Å². The molecule has 1 aromatic carbocycles. The normalized spacial score (nSPS) is 14.3. The zero-order chi connectivity index (χ0) is 13.9. The highest BCUT2D eigenvalue weighted by Crippen LogP contribution is 2.21. The lowest BCUT2D eigenvalue weighted by Gasteiger charge is -2.24. The first-order valence-electron chi connectivity index (χ1n) is 6.70. The van der Waals surface area contributed by atoms with E-state index in [-0.39, 0.29) is 11.3 Å². The zero-order valence-corrected chi connectivity index (χ0v) is 11.7. The number of rotatable bonds is 5. The molecule has 4 heteroatoms. The number of nitrogens with two attached hydrogens (primary N) is 1. The lowest BCUT2D eigenvalue weighted by atomic mass is 9.89. The number of hydrogen-bond acceptors (Lipinski definition) is 3. The van der Waals surface area contributed by atoms with Gasteiger partial charge in [0.25, 0.3) is 5.91 Å². The molecule has 19 heavy (non-hydrogen) atoms. The van der Waals surface area contributed by atoms with Crippen LogP contribution in [0.25, 0.3) is 0 Å². The van der Waals surface area contributed by atoms with E-state index >= 15 is 0 Å². The van der Waals surface area contributed by atoms with Crippen LogP contribution >= 0.6 is 0 Å². The molecule has 0 radical (unpaired) electrons. The van der Waals surface area contributed by atoms with Crippen LogP contribution in [0.5, 0.6) is 0 Å². The van der Waals surface area contributed by atoms with Crippen LogP contribution in [0.4, 0.5) is 0 Å². The van der Waals surface area contributed by atoms with Crippen molar-refractivity contribution in [3.8, 4) is 0 Å². The monoisotopic (exact) mass is 262 g/mol. The number of fused-ring (bicyclic) bond motifs is 1. The quantitative estimate of drug-likeness (QED) is 0.850. The van der Waals surface area contributed by atoms with Crippen molar-refractivity contribution >= 4 is 5.91 Å². The van der Waals surface area contributed by atoms with Crippen LogP contribution in [0.2, 0.25) is 0 Å². The topological polar surface area (TPSA) is 64.3 Å². The third-order valence-corrected chi connectivity index (χ3v) is 3.53. The van der Waals surface area contributed by atoms with Crippen LogP contribution in [-0.2, 0) is 18.0 Å². The molecule has 0 aromatic heterocycles. The second-order valence-electron chi connectivity index (χ2n) is 5.86. The summed E-state index contributed by atoms with van der Waals surface area (Å²) in [7, 11) is 0. The summed E-state index contributed by atoms with van der Waals surface area (Å²) < 4.78 is 5.35. The maximum atomic E-state index is 12.1. The van der Waals surface area contributed by atoms with Gasteiger partial charge in [-0.25, -0.2) is 0 Å². The molecule has 0 fully saturated rings. The van der Waals surface area contributed by atoms with Gasteiger partial charge in [0.05, 0.1) is 13.2 Å². The van der Waals surface area contributed by atoms with Crippen LogP contribution in [0.15, 0.2) is 18.2 Å². The van der Waals surface area contributed by atoms with Crippen LogP contribution < -0.4 is 11.1 Å². The van der Waals surface area contributed by atoms with E-state index < -0.39 is 0 Å². The van der Waals surface area contributed by atoms with Crippen molar-refractivity contribution in [3.63, 3.8) is 0 Å². The van der Waals surface area contributed by atoms with Gasteiger partial charge in [-0.15, -0.1) is 0 Å². The Morgan fingerprint density at radius 1 is 1.37 bits per heavy atom. The molecule has 1 amide bonds. The molecule has 0 atom stereocenters. The summed E-state index contributed by atoms with van der Waals surface area (Å²) in [5.74, 6) is -0.0280. The van der Waals surface area contributed by atoms with Crippen molar-refractivity contribution in [3.05, 3.63) is 34.9 Å². The minimum absolute atomic E-state index is 0.0280. The highest BCUT2D eigenvalue weighted by molar-refractivity contribution is 5.94. The van der Waals surface area contributed by atoms with Gasteiger partial charge < -0.3 is 15.8 Å². The van der Waals surface area contributed by atoms with E-state index in [0.717, 1.165) is 12.0 Å². The van der Waals surface area contributed by atoms with E-state index in [2.05, 4.69) is 19.2 Å². The molecular weight excluding hydrogens is 240 g/mol. The Morgan fingerprint density at radius 3 is 2.84 bits per heavy atom. The molecule has 4 nitrogen and oxygen atoms in total. The van der Waals surface area contributed by atoms with E-state index in [9.17, 15) is 4.79 Å². The number of carbonyl (C=O) groups excluding carboxylic acids is 1.